The molecule has 0 bridgehead atoms. The van der Waals surface area contributed by atoms with E-state index in [1.54, 1.807) is 30.3 Å². The number of halogens is 2. The Morgan fingerprint density at radius 2 is 1.96 bits per heavy atom. The maximum absolute atomic E-state index is 13.2. The molecule has 0 fully saturated rings. The SMILES string of the molecule is O=C(NCc1cc(F)ccc1Br)c1cc2ccccc2oc1=O. The van der Waals surface area contributed by atoms with Crippen molar-refractivity contribution < 1.29 is 13.6 Å². The van der Waals surface area contributed by atoms with Gasteiger partial charge >= 0.3 is 5.63 Å². The van der Waals surface area contributed by atoms with Crippen LogP contribution < -0.4 is 10.9 Å². The summed E-state index contributed by atoms with van der Waals surface area (Å²) in [5, 5.41) is 3.25. The molecule has 1 N–H and O–H groups in total. The molecule has 0 spiro atoms. The molecule has 0 unspecified atom stereocenters. The topological polar surface area (TPSA) is 59.3 Å². The highest BCUT2D eigenvalue weighted by atomic mass is 79.9. The Kier molecular flexibility index (Phi) is 4.25. The number of benzene rings is 2. The second kappa shape index (κ2) is 6.34. The number of hydrogen-bond acceptors (Lipinski definition) is 3. The minimum atomic E-state index is -0.709. The van der Waals surface area contributed by atoms with Crippen LogP contribution in [0.1, 0.15) is 15.9 Å². The first kappa shape index (κ1) is 15.4. The number of hydrogen-bond donors (Lipinski definition) is 1. The van der Waals surface area contributed by atoms with Crippen molar-refractivity contribution in [1.29, 1.82) is 0 Å². The smallest absolute Gasteiger partial charge is 0.349 e. The minimum absolute atomic E-state index is 0.0867. The van der Waals surface area contributed by atoms with E-state index in [2.05, 4.69) is 21.2 Å². The molecule has 0 radical (unpaired) electrons. The summed E-state index contributed by atoms with van der Waals surface area (Å²) in [6, 6.07) is 12.6. The van der Waals surface area contributed by atoms with Crippen molar-refractivity contribution in [3.05, 3.63) is 80.4 Å². The highest BCUT2D eigenvalue weighted by Gasteiger charge is 2.14. The zero-order valence-electron chi connectivity index (χ0n) is 11.8. The number of para-hydroxylation sites is 1. The predicted molar refractivity (Wildman–Crippen MR) is 87.8 cm³/mol. The van der Waals surface area contributed by atoms with E-state index in [9.17, 15) is 14.0 Å². The van der Waals surface area contributed by atoms with Gasteiger partial charge in [0.2, 0.25) is 0 Å². The van der Waals surface area contributed by atoms with Gasteiger partial charge in [0.25, 0.3) is 5.91 Å². The molecule has 1 amide bonds. The molecule has 0 aliphatic heterocycles. The predicted octanol–water partition coefficient (Wildman–Crippen LogP) is 3.62. The molecule has 0 saturated heterocycles. The average molecular weight is 376 g/mol. The molecular formula is C17H11BrFNO3. The second-order valence-corrected chi connectivity index (χ2v) is 5.76. The van der Waals surface area contributed by atoms with E-state index in [0.717, 1.165) is 0 Å². The summed E-state index contributed by atoms with van der Waals surface area (Å²) in [6.45, 7) is 0.0867. The van der Waals surface area contributed by atoms with E-state index in [0.29, 0.717) is 21.0 Å². The highest BCUT2D eigenvalue weighted by Crippen LogP contribution is 2.18. The number of nitrogens with one attached hydrogen (secondary N) is 1. The largest absolute Gasteiger partial charge is 0.422 e. The third kappa shape index (κ3) is 3.32. The number of carbonyl (C=O) groups excluding carboxylic acids is 1. The van der Waals surface area contributed by atoms with Gasteiger partial charge in [-0.2, -0.15) is 0 Å². The third-order valence-electron chi connectivity index (χ3n) is 3.33. The lowest BCUT2D eigenvalue weighted by Gasteiger charge is -2.07. The summed E-state index contributed by atoms with van der Waals surface area (Å²) in [4.78, 5) is 24.1. The quantitative estimate of drug-likeness (QED) is 0.711. The fourth-order valence-electron chi connectivity index (χ4n) is 2.17. The number of rotatable bonds is 3. The van der Waals surface area contributed by atoms with Crippen molar-refractivity contribution in [2.24, 2.45) is 0 Å². The van der Waals surface area contributed by atoms with E-state index in [1.807, 2.05) is 0 Å². The van der Waals surface area contributed by atoms with E-state index >= 15 is 0 Å². The van der Waals surface area contributed by atoms with Gasteiger partial charge in [-0.1, -0.05) is 34.1 Å². The lowest BCUT2D eigenvalue weighted by atomic mass is 10.1. The van der Waals surface area contributed by atoms with Crippen molar-refractivity contribution in [1.82, 2.24) is 5.32 Å². The first-order chi connectivity index (χ1) is 11.0. The Morgan fingerprint density at radius 3 is 2.78 bits per heavy atom. The fourth-order valence-corrected chi connectivity index (χ4v) is 2.56. The molecule has 23 heavy (non-hydrogen) atoms. The normalized spacial score (nSPS) is 10.7. The van der Waals surface area contributed by atoms with Crippen molar-refractivity contribution in [2.75, 3.05) is 0 Å². The zero-order chi connectivity index (χ0) is 16.4. The lowest BCUT2D eigenvalue weighted by molar-refractivity contribution is 0.0947. The first-order valence-corrected chi connectivity index (χ1v) is 7.59. The van der Waals surface area contributed by atoms with Crippen LogP contribution in [0.4, 0.5) is 4.39 Å². The fraction of sp³-hybridized carbons (Fsp3) is 0.0588. The Morgan fingerprint density at radius 1 is 1.17 bits per heavy atom. The van der Waals surface area contributed by atoms with Crippen LogP contribution in [0.3, 0.4) is 0 Å². The molecule has 2 aromatic carbocycles. The second-order valence-electron chi connectivity index (χ2n) is 4.90. The van der Waals surface area contributed by atoms with Gasteiger partial charge in [-0.05, 0) is 35.9 Å². The molecule has 6 heteroatoms. The maximum Gasteiger partial charge on any atom is 0.349 e. The summed E-state index contributed by atoms with van der Waals surface area (Å²) in [6.07, 6.45) is 0. The monoisotopic (exact) mass is 375 g/mol. The number of carbonyl (C=O) groups is 1. The van der Waals surface area contributed by atoms with Crippen molar-refractivity contribution in [2.45, 2.75) is 6.54 Å². The van der Waals surface area contributed by atoms with Gasteiger partial charge in [0.15, 0.2) is 0 Å². The lowest BCUT2D eigenvalue weighted by Crippen LogP contribution is -2.28. The van der Waals surface area contributed by atoms with Crippen LogP contribution in [0.15, 0.2) is 62.2 Å². The van der Waals surface area contributed by atoms with Gasteiger partial charge in [0, 0.05) is 16.4 Å². The summed E-state index contributed by atoms with van der Waals surface area (Å²) in [7, 11) is 0. The van der Waals surface area contributed by atoms with Crippen LogP contribution >= 0.6 is 15.9 Å². The Hall–Kier alpha value is -2.47. The van der Waals surface area contributed by atoms with Crippen molar-refractivity contribution in [3.63, 3.8) is 0 Å². The Labute approximate surface area is 139 Å². The molecule has 1 heterocycles. The van der Waals surface area contributed by atoms with Crippen LogP contribution in [0.25, 0.3) is 11.0 Å². The molecule has 3 rings (SSSR count). The summed E-state index contributed by atoms with van der Waals surface area (Å²) in [5.41, 5.74) is 0.196. The molecule has 0 aliphatic carbocycles. The van der Waals surface area contributed by atoms with E-state index in [-0.39, 0.29) is 12.1 Å². The van der Waals surface area contributed by atoms with Crippen LogP contribution in [0, 0.1) is 5.82 Å². The first-order valence-electron chi connectivity index (χ1n) is 6.79. The van der Waals surface area contributed by atoms with Gasteiger partial charge in [0.1, 0.15) is 17.0 Å². The summed E-state index contributed by atoms with van der Waals surface area (Å²) < 4.78 is 19.0. The van der Waals surface area contributed by atoms with Crippen LogP contribution in [-0.4, -0.2) is 5.91 Å². The van der Waals surface area contributed by atoms with Crippen molar-refractivity contribution >= 4 is 32.8 Å². The van der Waals surface area contributed by atoms with Gasteiger partial charge in [-0.3, -0.25) is 4.79 Å². The van der Waals surface area contributed by atoms with Gasteiger partial charge < -0.3 is 9.73 Å². The molecule has 1 aromatic heterocycles. The molecule has 0 saturated carbocycles. The summed E-state index contributed by atoms with van der Waals surface area (Å²) >= 11 is 3.29. The minimum Gasteiger partial charge on any atom is -0.422 e. The summed E-state index contributed by atoms with van der Waals surface area (Å²) in [5.74, 6) is -0.969. The van der Waals surface area contributed by atoms with Gasteiger partial charge in [0.05, 0.1) is 0 Å². The van der Waals surface area contributed by atoms with Gasteiger partial charge in [-0.25, -0.2) is 9.18 Å². The standard InChI is InChI=1S/C17H11BrFNO3/c18-14-6-5-12(19)7-11(14)9-20-16(21)13-8-10-3-1-2-4-15(10)23-17(13)22/h1-8H,9H2,(H,20,21). The highest BCUT2D eigenvalue weighted by molar-refractivity contribution is 9.10. The van der Waals surface area contributed by atoms with Crippen LogP contribution in [0.2, 0.25) is 0 Å². The molecule has 116 valence electrons. The third-order valence-corrected chi connectivity index (χ3v) is 4.11. The zero-order valence-corrected chi connectivity index (χ0v) is 13.4. The van der Waals surface area contributed by atoms with E-state index < -0.39 is 17.3 Å². The Balaban J connectivity index is 1.85. The number of amides is 1. The number of fused-ring (bicyclic) bond motifs is 1. The van der Waals surface area contributed by atoms with Gasteiger partial charge in [-0.15, -0.1) is 0 Å². The molecule has 0 aliphatic rings. The van der Waals surface area contributed by atoms with Crippen LogP contribution in [-0.2, 0) is 6.54 Å². The average Bonchev–Trinajstić information content (AvgIpc) is 2.54. The van der Waals surface area contributed by atoms with Crippen molar-refractivity contribution in [3.8, 4) is 0 Å². The van der Waals surface area contributed by atoms with E-state index in [4.69, 9.17) is 4.42 Å². The molecular weight excluding hydrogens is 365 g/mol. The molecule has 3 aromatic rings. The molecule has 0 atom stereocenters. The maximum atomic E-state index is 13.2. The van der Waals surface area contributed by atoms with E-state index in [1.165, 1.54) is 18.2 Å². The van der Waals surface area contributed by atoms with Crippen LogP contribution in [0.5, 0.6) is 0 Å². The molecule has 4 nitrogen and oxygen atoms in total. The Bertz CT molecular complexity index is 952.